The Morgan fingerprint density at radius 3 is 2.65 bits per heavy atom. The average molecular weight is 254 g/mol. The second-order valence-corrected chi connectivity index (χ2v) is 4.96. The molecule has 1 atom stereocenters. The van der Waals surface area contributed by atoms with Crippen LogP contribution in [-0.2, 0) is 6.42 Å². The molecular formula is C12H22N4S. The second-order valence-electron chi connectivity index (χ2n) is 4.05. The van der Waals surface area contributed by atoms with Crippen LogP contribution in [0.15, 0.2) is 6.33 Å². The first-order valence-electron chi connectivity index (χ1n) is 6.00. The van der Waals surface area contributed by atoms with E-state index < -0.39 is 0 Å². The summed E-state index contributed by atoms with van der Waals surface area (Å²) in [6, 6.07) is 0.417. The molecule has 0 saturated heterocycles. The van der Waals surface area contributed by atoms with Crippen molar-refractivity contribution in [2.24, 2.45) is 0 Å². The molecule has 0 radical (unpaired) electrons. The van der Waals surface area contributed by atoms with Crippen LogP contribution in [-0.4, -0.2) is 35.1 Å². The molecule has 17 heavy (non-hydrogen) atoms. The normalized spacial score (nSPS) is 12.2. The van der Waals surface area contributed by atoms with Gasteiger partial charge in [-0.15, -0.1) is 0 Å². The van der Waals surface area contributed by atoms with Gasteiger partial charge in [0.2, 0.25) is 0 Å². The smallest absolute Gasteiger partial charge is 0.134 e. The maximum Gasteiger partial charge on any atom is 0.134 e. The molecule has 0 bridgehead atoms. The summed E-state index contributed by atoms with van der Waals surface area (Å²) in [4.78, 5) is 8.62. The standard InChI is InChI=1S/C12H22N4S/c1-5-6-10-11(13-3)14-8-15-12(10)16-9(2)7-17-4/h8-9H,5-7H2,1-4H3,(H2,13,14,15,16). The highest BCUT2D eigenvalue weighted by Crippen LogP contribution is 2.22. The lowest BCUT2D eigenvalue weighted by Gasteiger charge is -2.17. The van der Waals surface area contributed by atoms with Crippen LogP contribution in [0.4, 0.5) is 11.6 Å². The maximum absolute atomic E-state index is 4.36. The molecule has 1 rings (SSSR count). The van der Waals surface area contributed by atoms with Crippen LogP contribution in [0.25, 0.3) is 0 Å². The molecular weight excluding hydrogens is 232 g/mol. The molecule has 0 aromatic carbocycles. The topological polar surface area (TPSA) is 49.8 Å². The molecule has 1 heterocycles. The van der Waals surface area contributed by atoms with Gasteiger partial charge in [-0.3, -0.25) is 0 Å². The van der Waals surface area contributed by atoms with Gasteiger partial charge in [0.15, 0.2) is 0 Å². The molecule has 96 valence electrons. The van der Waals surface area contributed by atoms with E-state index in [2.05, 4.69) is 40.7 Å². The van der Waals surface area contributed by atoms with Gasteiger partial charge in [-0.2, -0.15) is 11.8 Å². The fourth-order valence-corrected chi connectivity index (χ4v) is 2.35. The minimum absolute atomic E-state index is 0.417. The zero-order valence-corrected chi connectivity index (χ0v) is 11.9. The third-order valence-corrected chi connectivity index (χ3v) is 3.32. The van der Waals surface area contributed by atoms with E-state index in [4.69, 9.17) is 0 Å². The summed E-state index contributed by atoms with van der Waals surface area (Å²) >= 11 is 1.84. The zero-order chi connectivity index (χ0) is 12.7. The van der Waals surface area contributed by atoms with Gasteiger partial charge in [-0.25, -0.2) is 9.97 Å². The van der Waals surface area contributed by atoms with Crippen LogP contribution >= 0.6 is 11.8 Å². The van der Waals surface area contributed by atoms with Gasteiger partial charge in [-0.05, 0) is 19.6 Å². The molecule has 0 aliphatic rings. The highest BCUT2D eigenvalue weighted by Gasteiger charge is 2.11. The van der Waals surface area contributed by atoms with Crippen molar-refractivity contribution in [3.63, 3.8) is 0 Å². The summed E-state index contributed by atoms with van der Waals surface area (Å²) in [6.07, 6.45) is 5.81. The predicted octanol–water partition coefficient (Wildman–Crippen LogP) is 2.63. The van der Waals surface area contributed by atoms with E-state index in [0.717, 1.165) is 30.2 Å². The third kappa shape index (κ3) is 4.07. The predicted molar refractivity (Wildman–Crippen MR) is 77.0 cm³/mol. The first kappa shape index (κ1) is 14.1. The van der Waals surface area contributed by atoms with Crippen LogP contribution in [0.1, 0.15) is 25.8 Å². The molecule has 0 aliphatic heterocycles. The van der Waals surface area contributed by atoms with Crippen molar-refractivity contribution < 1.29 is 0 Å². The van der Waals surface area contributed by atoms with Gasteiger partial charge in [0.1, 0.15) is 18.0 Å². The van der Waals surface area contributed by atoms with Crippen LogP contribution in [0.5, 0.6) is 0 Å². The Bertz CT molecular complexity index is 343. The van der Waals surface area contributed by atoms with Crippen LogP contribution < -0.4 is 10.6 Å². The minimum atomic E-state index is 0.417. The molecule has 1 unspecified atom stereocenters. The monoisotopic (exact) mass is 254 g/mol. The third-order valence-electron chi connectivity index (χ3n) is 2.48. The maximum atomic E-state index is 4.36. The summed E-state index contributed by atoms with van der Waals surface area (Å²) in [7, 11) is 1.90. The Labute approximate surface area is 108 Å². The average Bonchev–Trinajstić information content (AvgIpc) is 2.32. The SMILES string of the molecule is CCCc1c(NC)ncnc1NC(C)CSC. The van der Waals surface area contributed by atoms with Crippen molar-refractivity contribution in [2.75, 3.05) is 29.7 Å². The number of nitrogens with one attached hydrogen (secondary N) is 2. The molecule has 2 N–H and O–H groups in total. The van der Waals surface area contributed by atoms with Gasteiger partial charge in [0.25, 0.3) is 0 Å². The summed E-state index contributed by atoms with van der Waals surface area (Å²) < 4.78 is 0. The number of rotatable bonds is 7. The summed E-state index contributed by atoms with van der Waals surface area (Å²) in [5, 5.41) is 6.59. The largest absolute Gasteiger partial charge is 0.373 e. The summed E-state index contributed by atoms with van der Waals surface area (Å²) in [6.45, 7) is 4.34. The van der Waals surface area contributed by atoms with E-state index in [1.165, 1.54) is 5.56 Å². The highest BCUT2D eigenvalue weighted by atomic mass is 32.2. The molecule has 0 aliphatic carbocycles. The van der Waals surface area contributed by atoms with Crippen molar-refractivity contribution in [1.82, 2.24) is 9.97 Å². The Balaban J connectivity index is 2.89. The summed E-state index contributed by atoms with van der Waals surface area (Å²) in [5.41, 5.74) is 1.19. The highest BCUT2D eigenvalue weighted by molar-refractivity contribution is 7.98. The van der Waals surface area contributed by atoms with E-state index in [1.54, 1.807) is 6.33 Å². The van der Waals surface area contributed by atoms with E-state index >= 15 is 0 Å². The molecule has 5 heteroatoms. The lowest BCUT2D eigenvalue weighted by molar-refractivity contribution is 0.864. The van der Waals surface area contributed by atoms with Gasteiger partial charge in [-0.1, -0.05) is 13.3 Å². The fourth-order valence-electron chi connectivity index (χ4n) is 1.76. The molecule has 0 saturated carbocycles. The lowest BCUT2D eigenvalue weighted by Crippen LogP contribution is -2.20. The van der Waals surface area contributed by atoms with Crippen LogP contribution in [0, 0.1) is 0 Å². The van der Waals surface area contributed by atoms with E-state index in [-0.39, 0.29) is 0 Å². The molecule has 0 fully saturated rings. The van der Waals surface area contributed by atoms with Crippen LogP contribution in [0.3, 0.4) is 0 Å². The van der Waals surface area contributed by atoms with Gasteiger partial charge >= 0.3 is 0 Å². The number of hydrogen-bond donors (Lipinski definition) is 2. The number of anilines is 2. The lowest BCUT2D eigenvalue weighted by atomic mass is 10.1. The van der Waals surface area contributed by atoms with Crippen molar-refractivity contribution >= 4 is 23.4 Å². The van der Waals surface area contributed by atoms with E-state index in [1.807, 2.05) is 18.8 Å². The quantitative estimate of drug-likeness (QED) is 0.783. The van der Waals surface area contributed by atoms with Gasteiger partial charge < -0.3 is 10.6 Å². The second kappa shape index (κ2) is 7.37. The van der Waals surface area contributed by atoms with Crippen molar-refractivity contribution in [3.05, 3.63) is 11.9 Å². The number of aromatic nitrogens is 2. The van der Waals surface area contributed by atoms with Crippen LogP contribution in [0.2, 0.25) is 0 Å². The molecule has 0 amide bonds. The van der Waals surface area contributed by atoms with Gasteiger partial charge in [0.05, 0.1) is 0 Å². The number of hydrogen-bond acceptors (Lipinski definition) is 5. The zero-order valence-electron chi connectivity index (χ0n) is 11.1. The minimum Gasteiger partial charge on any atom is -0.373 e. The fraction of sp³-hybridized carbons (Fsp3) is 0.667. The first-order chi connectivity index (χ1) is 8.22. The van der Waals surface area contributed by atoms with Crippen molar-refractivity contribution in [2.45, 2.75) is 32.7 Å². The number of thioether (sulfide) groups is 1. The van der Waals surface area contributed by atoms with Crippen molar-refractivity contribution in [1.29, 1.82) is 0 Å². The molecule has 4 nitrogen and oxygen atoms in total. The van der Waals surface area contributed by atoms with E-state index in [9.17, 15) is 0 Å². The Hall–Kier alpha value is -0.970. The molecule has 0 spiro atoms. The Kier molecular flexibility index (Phi) is 6.11. The first-order valence-corrected chi connectivity index (χ1v) is 7.39. The summed E-state index contributed by atoms with van der Waals surface area (Å²) in [5.74, 6) is 2.97. The Morgan fingerprint density at radius 2 is 2.06 bits per heavy atom. The molecule has 1 aromatic heterocycles. The Morgan fingerprint density at radius 1 is 1.35 bits per heavy atom. The van der Waals surface area contributed by atoms with Crippen molar-refractivity contribution in [3.8, 4) is 0 Å². The number of nitrogens with zero attached hydrogens (tertiary/aromatic N) is 2. The van der Waals surface area contributed by atoms with Gasteiger partial charge in [0, 0.05) is 24.4 Å². The van der Waals surface area contributed by atoms with E-state index in [0.29, 0.717) is 6.04 Å². The molecule has 1 aromatic rings.